The summed E-state index contributed by atoms with van der Waals surface area (Å²) in [7, 11) is -3.69. The molecule has 4 rings (SSSR count). The smallest absolute Gasteiger partial charge is 0.422 e. The highest BCUT2D eigenvalue weighted by molar-refractivity contribution is 7.94. The molecule has 0 atom stereocenters. The molecule has 1 aromatic heterocycles. The molecule has 0 spiro atoms. The maximum absolute atomic E-state index is 12.8. The van der Waals surface area contributed by atoms with E-state index in [0.717, 1.165) is 18.4 Å². The second-order valence-electron chi connectivity index (χ2n) is 9.79. The molecule has 9 nitrogen and oxygen atoms in total. The number of ketones is 2. The third kappa shape index (κ3) is 8.83. The van der Waals surface area contributed by atoms with Crippen molar-refractivity contribution in [3.63, 3.8) is 0 Å². The van der Waals surface area contributed by atoms with E-state index < -0.39 is 45.7 Å². The second kappa shape index (κ2) is 12.6. The average Bonchev–Trinajstić information content (AvgIpc) is 3.71. The molecule has 0 aliphatic heterocycles. The Morgan fingerprint density at radius 2 is 1.69 bits per heavy atom. The SMILES string of the molecule is C=CS(=O)(=O)CC(=O)CCC(=O)c1ccc(Cc2nc(NC3(c4ccc(Cl)cc4)CC3)nc(OCC(F)(F)F)n2)cc1. The van der Waals surface area contributed by atoms with Crippen LogP contribution in [0.2, 0.25) is 5.02 Å². The summed E-state index contributed by atoms with van der Waals surface area (Å²) < 4.78 is 66.2. The Morgan fingerprint density at radius 1 is 1.02 bits per heavy atom. The fraction of sp³-hybridized carbons (Fsp3) is 0.321. The van der Waals surface area contributed by atoms with Gasteiger partial charge in [0.15, 0.2) is 22.2 Å². The Hall–Kier alpha value is -3.84. The summed E-state index contributed by atoms with van der Waals surface area (Å²) in [5.41, 5.74) is 1.39. The largest absolute Gasteiger partial charge is 0.454 e. The lowest BCUT2D eigenvalue weighted by Crippen LogP contribution is -2.23. The van der Waals surface area contributed by atoms with E-state index in [-0.39, 0.29) is 36.8 Å². The highest BCUT2D eigenvalue weighted by Crippen LogP contribution is 2.48. The van der Waals surface area contributed by atoms with Crippen LogP contribution < -0.4 is 10.1 Å². The van der Waals surface area contributed by atoms with Gasteiger partial charge in [-0.3, -0.25) is 9.59 Å². The lowest BCUT2D eigenvalue weighted by molar-refractivity contribution is -0.154. The number of halogens is 4. The number of hydrogen-bond acceptors (Lipinski definition) is 9. The number of benzene rings is 2. The molecular formula is C28H26ClF3N4O5S. The van der Waals surface area contributed by atoms with E-state index in [1.54, 1.807) is 24.3 Å². The van der Waals surface area contributed by atoms with Gasteiger partial charge in [0.1, 0.15) is 17.4 Å². The molecule has 0 radical (unpaired) electrons. The number of nitrogens with one attached hydrogen (secondary N) is 1. The molecule has 1 fully saturated rings. The Labute approximate surface area is 245 Å². The van der Waals surface area contributed by atoms with E-state index in [4.69, 9.17) is 16.3 Å². The summed E-state index contributed by atoms with van der Waals surface area (Å²) >= 11 is 6.00. The molecule has 222 valence electrons. The van der Waals surface area contributed by atoms with Crippen molar-refractivity contribution in [2.24, 2.45) is 0 Å². The monoisotopic (exact) mass is 622 g/mol. The highest BCUT2D eigenvalue weighted by atomic mass is 35.5. The molecule has 1 saturated carbocycles. The van der Waals surface area contributed by atoms with E-state index in [9.17, 15) is 31.2 Å². The Balaban J connectivity index is 1.47. The molecule has 3 aromatic rings. The highest BCUT2D eigenvalue weighted by Gasteiger charge is 2.45. The number of carbonyl (C=O) groups excluding carboxylic acids is 2. The summed E-state index contributed by atoms with van der Waals surface area (Å²) in [5, 5.41) is 4.48. The number of rotatable bonds is 14. The van der Waals surface area contributed by atoms with Gasteiger partial charge in [-0.05, 0) is 36.1 Å². The number of anilines is 1. The zero-order chi connectivity index (χ0) is 30.5. The second-order valence-corrected chi connectivity index (χ2v) is 12.2. The number of sulfone groups is 1. The number of carbonyl (C=O) groups is 2. The van der Waals surface area contributed by atoms with Crippen LogP contribution in [0, 0.1) is 0 Å². The first kappa shape index (κ1) is 31.1. The zero-order valence-corrected chi connectivity index (χ0v) is 23.7. The minimum absolute atomic E-state index is 0.0551. The van der Waals surface area contributed by atoms with Crippen molar-refractivity contribution in [2.75, 3.05) is 17.7 Å². The molecule has 1 heterocycles. The quantitative estimate of drug-likeness (QED) is 0.240. The molecule has 2 aromatic carbocycles. The number of ether oxygens (including phenoxy) is 1. The van der Waals surface area contributed by atoms with Gasteiger partial charge in [-0.2, -0.15) is 28.1 Å². The van der Waals surface area contributed by atoms with Crippen molar-refractivity contribution in [1.82, 2.24) is 15.0 Å². The first-order chi connectivity index (χ1) is 19.8. The van der Waals surface area contributed by atoms with Gasteiger partial charge in [-0.1, -0.05) is 54.6 Å². The summed E-state index contributed by atoms with van der Waals surface area (Å²) in [4.78, 5) is 36.9. The van der Waals surface area contributed by atoms with Crippen LogP contribution in [-0.2, 0) is 26.6 Å². The Kier molecular flexibility index (Phi) is 9.31. The third-order valence-electron chi connectivity index (χ3n) is 6.41. The molecule has 1 N–H and O–H groups in total. The van der Waals surface area contributed by atoms with E-state index in [1.165, 1.54) is 12.1 Å². The minimum atomic E-state index is -4.59. The summed E-state index contributed by atoms with van der Waals surface area (Å²) in [6, 6.07) is 13.0. The van der Waals surface area contributed by atoms with Gasteiger partial charge in [0.2, 0.25) is 5.95 Å². The van der Waals surface area contributed by atoms with E-state index >= 15 is 0 Å². The maximum Gasteiger partial charge on any atom is 0.422 e. The topological polar surface area (TPSA) is 128 Å². The van der Waals surface area contributed by atoms with E-state index in [1.807, 2.05) is 12.1 Å². The van der Waals surface area contributed by atoms with Crippen LogP contribution in [0.1, 0.15) is 53.0 Å². The Bertz CT molecular complexity index is 1580. The van der Waals surface area contributed by atoms with Crippen molar-refractivity contribution in [3.8, 4) is 6.01 Å². The summed E-state index contributed by atoms with van der Waals surface area (Å²) in [6.45, 7) is 1.58. The molecule has 0 saturated heterocycles. The standard InChI is InChI=1S/C28H26ClF3N4O5S/c1-2-42(39,40)16-22(37)11-12-23(38)19-5-3-18(4-6-19)15-24-33-25(35-26(34-24)41-17-28(30,31)32)36-27(13-14-27)20-7-9-21(29)10-8-20/h2-10H,1,11-17H2,(H,33,34,35,36). The predicted molar refractivity (Wildman–Crippen MR) is 149 cm³/mol. The summed E-state index contributed by atoms with van der Waals surface area (Å²) in [5.74, 6) is -1.45. The number of hydrogen-bond donors (Lipinski definition) is 1. The Morgan fingerprint density at radius 3 is 2.29 bits per heavy atom. The first-order valence-electron chi connectivity index (χ1n) is 12.7. The fourth-order valence-electron chi connectivity index (χ4n) is 4.08. The van der Waals surface area contributed by atoms with Crippen molar-refractivity contribution in [3.05, 3.63) is 88.1 Å². The van der Waals surface area contributed by atoms with Gasteiger partial charge in [-0.15, -0.1) is 0 Å². The molecule has 14 heteroatoms. The molecule has 42 heavy (non-hydrogen) atoms. The van der Waals surface area contributed by atoms with E-state index in [0.29, 0.717) is 21.6 Å². The van der Waals surface area contributed by atoms with Gasteiger partial charge < -0.3 is 10.1 Å². The van der Waals surface area contributed by atoms with Gasteiger partial charge in [0.25, 0.3) is 0 Å². The van der Waals surface area contributed by atoms with Crippen LogP contribution in [0.5, 0.6) is 6.01 Å². The van der Waals surface area contributed by atoms with Crippen LogP contribution in [0.4, 0.5) is 19.1 Å². The molecule has 0 amide bonds. The lowest BCUT2D eigenvalue weighted by Gasteiger charge is -2.19. The van der Waals surface area contributed by atoms with Gasteiger partial charge in [0, 0.05) is 35.3 Å². The molecule has 0 unspecified atom stereocenters. The molecular weight excluding hydrogens is 597 g/mol. The number of aromatic nitrogens is 3. The normalized spacial score (nSPS) is 14.2. The number of nitrogens with zero attached hydrogens (tertiary/aromatic N) is 3. The molecule has 1 aliphatic rings. The lowest BCUT2D eigenvalue weighted by atomic mass is 10.0. The third-order valence-corrected chi connectivity index (χ3v) is 7.89. The van der Waals surface area contributed by atoms with Crippen molar-refractivity contribution < 1.29 is 35.9 Å². The van der Waals surface area contributed by atoms with Crippen LogP contribution >= 0.6 is 11.6 Å². The van der Waals surface area contributed by atoms with Crippen LogP contribution in [-0.4, -0.2) is 53.5 Å². The van der Waals surface area contributed by atoms with Crippen LogP contribution in [0.3, 0.4) is 0 Å². The number of alkyl halides is 3. The minimum Gasteiger partial charge on any atom is -0.454 e. The van der Waals surface area contributed by atoms with Crippen molar-refractivity contribution >= 4 is 39.0 Å². The number of Topliss-reactive ketones (excluding diaryl/α,β-unsaturated/α-hetero) is 2. The van der Waals surface area contributed by atoms with Gasteiger partial charge in [0.05, 0.1) is 5.54 Å². The average molecular weight is 623 g/mol. The predicted octanol–water partition coefficient (Wildman–Crippen LogP) is 5.25. The molecule has 1 aliphatic carbocycles. The fourth-order valence-corrected chi connectivity index (χ4v) is 4.92. The van der Waals surface area contributed by atoms with Gasteiger partial charge >= 0.3 is 12.2 Å². The molecule has 0 bridgehead atoms. The van der Waals surface area contributed by atoms with E-state index in [2.05, 4.69) is 26.8 Å². The van der Waals surface area contributed by atoms with Crippen LogP contribution in [0.15, 0.2) is 60.5 Å². The van der Waals surface area contributed by atoms with Crippen molar-refractivity contribution in [2.45, 2.75) is 43.8 Å². The van der Waals surface area contributed by atoms with Crippen LogP contribution in [0.25, 0.3) is 0 Å². The zero-order valence-electron chi connectivity index (χ0n) is 22.2. The van der Waals surface area contributed by atoms with Crippen molar-refractivity contribution in [1.29, 1.82) is 0 Å². The summed E-state index contributed by atoms with van der Waals surface area (Å²) in [6.07, 6.45) is -3.39. The maximum atomic E-state index is 12.8. The first-order valence-corrected chi connectivity index (χ1v) is 14.8. The van der Waals surface area contributed by atoms with Gasteiger partial charge in [-0.25, -0.2) is 8.42 Å².